The first-order chi connectivity index (χ1) is 8.83. The van der Waals surface area contributed by atoms with Crippen molar-refractivity contribution in [2.45, 2.75) is 32.4 Å². The van der Waals surface area contributed by atoms with Crippen LogP contribution in [0.15, 0.2) is 0 Å². The van der Waals surface area contributed by atoms with Crippen LogP contribution in [0.3, 0.4) is 0 Å². The first-order valence-corrected chi connectivity index (χ1v) is 6.61. The zero-order chi connectivity index (χ0) is 14.2. The summed E-state index contributed by atoms with van der Waals surface area (Å²) in [5.41, 5.74) is -0.540. The Morgan fingerprint density at radius 3 is 2.42 bits per heavy atom. The molecule has 0 bridgehead atoms. The third-order valence-electron chi connectivity index (χ3n) is 3.78. The van der Waals surface area contributed by atoms with Crippen LogP contribution >= 0.6 is 0 Å². The fourth-order valence-electron chi connectivity index (χ4n) is 2.99. The highest BCUT2D eigenvalue weighted by molar-refractivity contribution is 5.77. The molecule has 2 rings (SSSR count). The molecule has 2 N–H and O–H groups in total. The van der Waals surface area contributed by atoms with E-state index in [1.54, 1.807) is 0 Å². The maximum atomic E-state index is 11.8. The lowest BCUT2D eigenvalue weighted by Gasteiger charge is -2.46. The zero-order valence-electron chi connectivity index (χ0n) is 11.9. The lowest BCUT2D eigenvalue weighted by Crippen LogP contribution is -2.62. The largest absolute Gasteiger partial charge is 0.469 e. The molecule has 0 aromatic rings. The molecule has 6 nitrogen and oxygen atoms in total. The molecule has 0 aromatic carbocycles. The van der Waals surface area contributed by atoms with E-state index in [1.807, 2.05) is 20.8 Å². The van der Waals surface area contributed by atoms with Crippen molar-refractivity contribution in [3.05, 3.63) is 0 Å². The Labute approximate surface area is 113 Å². The Bertz CT molecular complexity index is 377. The quantitative estimate of drug-likeness (QED) is 0.715. The van der Waals surface area contributed by atoms with E-state index in [2.05, 4.69) is 10.6 Å². The number of fused-ring (bicyclic) bond motifs is 1. The minimum atomic E-state index is -0.540. The Balaban J connectivity index is 1.98. The van der Waals surface area contributed by atoms with Crippen molar-refractivity contribution in [3.63, 3.8) is 0 Å². The first kappa shape index (κ1) is 14.1. The van der Waals surface area contributed by atoms with E-state index in [0.29, 0.717) is 0 Å². The second-order valence-electron chi connectivity index (χ2n) is 6.21. The highest BCUT2D eigenvalue weighted by atomic mass is 16.6. The molecule has 1 saturated carbocycles. The van der Waals surface area contributed by atoms with Crippen LogP contribution in [-0.2, 0) is 14.3 Å². The summed E-state index contributed by atoms with van der Waals surface area (Å²) >= 11 is 0. The monoisotopic (exact) mass is 270 g/mol. The molecule has 1 heterocycles. The lowest BCUT2D eigenvalue weighted by molar-refractivity contribution is -0.155. The lowest BCUT2D eigenvalue weighted by atomic mass is 9.62. The van der Waals surface area contributed by atoms with Crippen molar-refractivity contribution in [1.29, 1.82) is 0 Å². The molecule has 19 heavy (non-hydrogen) atoms. The molecule has 1 aliphatic carbocycles. The SMILES string of the molecule is COC(=O)C1C2CNCC2C1NC(=O)OC(C)(C)C. The van der Waals surface area contributed by atoms with E-state index in [-0.39, 0.29) is 29.8 Å². The van der Waals surface area contributed by atoms with Gasteiger partial charge in [-0.05, 0) is 39.2 Å². The molecule has 108 valence electrons. The van der Waals surface area contributed by atoms with Crippen LogP contribution < -0.4 is 10.6 Å². The number of amides is 1. The summed E-state index contributed by atoms with van der Waals surface area (Å²) in [6, 6.07) is -0.192. The Morgan fingerprint density at radius 1 is 1.21 bits per heavy atom. The third kappa shape index (κ3) is 2.83. The van der Waals surface area contributed by atoms with Crippen LogP contribution in [0.1, 0.15) is 20.8 Å². The number of hydrogen-bond donors (Lipinski definition) is 2. The van der Waals surface area contributed by atoms with Gasteiger partial charge in [0.15, 0.2) is 0 Å². The molecular weight excluding hydrogens is 248 g/mol. The van der Waals surface area contributed by atoms with E-state index >= 15 is 0 Å². The summed E-state index contributed by atoms with van der Waals surface area (Å²) in [4.78, 5) is 23.6. The second-order valence-corrected chi connectivity index (χ2v) is 6.21. The molecule has 2 fully saturated rings. The number of ether oxygens (including phenoxy) is 2. The Kier molecular flexibility index (Phi) is 3.71. The average molecular weight is 270 g/mol. The standard InChI is InChI=1S/C13H22N2O4/c1-13(2,3)19-12(17)15-10-8-6-14-5-7(8)9(10)11(16)18-4/h7-10,14H,5-6H2,1-4H3,(H,15,17). The molecule has 4 unspecified atom stereocenters. The van der Waals surface area contributed by atoms with Crippen LogP contribution in [0, 0.1) is 17.8 Å². The summed E-state index contributed by atoms with van der Waals surface area (Å²) < 4.78 is 10.0. The van der Waals surface area contributed by atoms with E-state index in [9.17, 15) is 9.59 Å². The van der Waals surface area contributed by atoms with Crippen molar-refractivity contribution in [2.75, 3.05) is 20.2 Å². The van der Waals surface area contributed by atoms with Gasteiger partial charge in [-0.1, -0.05) is 0 Å². The van der Waals surface area contributed by atoms with Crippen molar-refractivity contribution < 1.29 is 19.1 Å². The average Bonchev–Trinajstić information content (AvgIpc) is 2.67. The first-order valence-electron chi connectivity index (χ1n) is 6.61. The minimum absolute atomic E-state index is 0.192. The Morgan fingerprint density at radius 2 is 1.84 bits per heavy atom. The van der Waals surface area contributed by atoms with Gasteiger partial charge >= 0.3 is 12.1 Å². The number of carbonyl (C=O) groups is 2. The van der Waals surface area contributed by atoms with E-state index in [1.165, 1.54) is 7.11 Å². The third-order valence-corrected chi connectivity index (χ3v) is 3.78. The van der Waals surface area contributed by atoms with Gasteiger partial charge in [0, 0.05) is 6.54 Å². The number of alkyl carbamates (subject to hydrolysis) is 1. The maximum absolute atomic E-state index is 11.8. The van der Waals surface area contributed by atoms with Gasteiger partial charge in [-0.25, -0.2) is 4.79 Å². The summed E-state index contributed by atoms with van der Waals surface area (Å²) in [5, 5.41) is 6.05. The summed E-state index contributed by atoms with van der Waals surface area (Å²) in [6.07, 6.45) is -0.475. The van der Waals surface area contributed by atoms with Crippen molar-refractivity contribution in [3.8, 4) is 0 Å². The van der Waals surface area contributed by atoms with Crippen LogP contribution in [0.2, 0.25) is 0 Å². The number of esters is 1. The van der Waals surface area contributed by atoms with Crippen LogP contribution in [0.5, 0.6) is 0 Å². The summed E-state index contributed by atoms with van der Waals surface area (Å²) in [7, 11) is 1.38. The van der Waals surface area contributed by atoms with Crippen LogP contribution in [0.25, 0.3) is 0 Å². The van der Waals surface area contributed by atoms with E-state index in [0.717, 1.165) is 13.1 Å². The van der Waals surface area contributed by atoms with Crippen molar-refractivity contribution in [2.24, 2.45) is 17.8 Å². The zero-order valence-corrected chi connectivity index (χ0v) is 11.9. The topological polar surface area (TPSA) is 76.7 Å². The molecule has 0 spiro atoms. The normalized spacial score (nSPS) is 33.1. The number of methoxy groups -OCH3 is 1. The molecule has 4 atom stereocenters. The van der Waals surface area contributed by atoms with Gasteiger partial charge in [-0.3, -0.25) is 4.79 Å². The number of hydrogen-bond acceptors (Lipinski definition) is 5. The van der Waals surface area contributed by atoms with Gasteiger partial charge in [-0.2, -0.15) is 0 Å². The predicted octanol–water partition coefficient (Wildman–Crippen LogP) is 0.518. The molecule has 2 aliphatic rings. The molecule has 0 radical (unpaired) electrons. The van der Waals surface area contributed by atoms with Gasteiger partial charge in [0.2, 0.25) is 0 Å². The fourth-order valence-corrected chi connectivity index (χ4v) is 2.99. The summed E-state index contributed by atoms with van der Waals surface area (Å²) in [5.74, 6) is 0.0209. The molecule has 1 saturated heterocycles. The van der Waals surface area contributed by atoms with Gasteiger partial charge in [0.1, 0.15) is 5.60 Å². The summed E-state index contributed by atoms with van der Waals surface area (Å²) in [6.45, 7) is 7.05. The molecule has 6 heteroatoms. The highest BCUT2D eigenvalue weighted by Gasteiger charge is 2.57. The predicted molar refractivity (Wildman–Crippen MR) is 68.5 cm³/mol. The second kappa shape index (κ2) is 5.00. The molecule has 1 aliphatic heterocycles. The van der Waals surface area contributed by atoms with Gasteiger partial charge < -0.3 is 20.1 Å². The van der Waals surface area contributed by atoms with E-state index in [4.69, 9.17) is 9.47 Å². The Hall–Kier alpha value is -1.30. The van der Waals surface area contributed by atoms with Crippen LogP contribution in [-0.4, -0.2) is 43.9 Å². The van der Waals surface area contributed by atoms with Gasteiger partial charge in [0.25, 0.3) is 0 Å². The minimum Gasteiger partial charge on any atom is -0.469 e. The number of nitrogens with one attached hydrogen (secondary N) is 2. The van der Waals surface area contributed by atoms with Crippen LogP contribution in [0.4, 0.5) is 4.79 Å². The van der Waals surface area contributed by atoms with Gasteiger partial charge in [0.05, 0.1) is 19.1 Å². The molecular formula is C13H22N2O4. The number of carbonyl (C=O) groups excluding carboxylic acids is 2. The highest BCUT2D eigenvalue weighted by Crippen LogP contribution is 2.43. The fraction of sp³-hybridized carbons (Fsp3) is 0.846. The van der Waals surface area contributed by atoms with E-state index < -0.39 is 11.7 Å². The maximum Gasteiger partial charge on any atom is 0.407 e. The van der Waals surface area contributed by atoms with Gasteiger partial charge in [-0.15, -0.1) is 0 Å². The molecule has 1 amide bonds. The van der Waals surface area contributed by atoms with Crippen molar-refractivity contribution in [1.82, 2.24) is 10.6 Å². The molecule has 0 aromatic heterocycles. The smallest absolute Gasteiger partial charge is 0.407 e. The number of rotatable bonds is 2. The van der Waals surface area contributed by atoms with Crippen molar-refractivity contribution >= 4 is 12.1 Å².